The molecule has 1 aromatic rings. The first-order valence-electron chi connectivity index (χ1n) is 6.09. The fourth-order valence-corrected chi connectivity index (χ4v) is 2.32. The summed E-state index contributed by atoms with van der Waals surface area (Å²) in [5, 5.41) is 11.9. The summed E-state index contributed by atoms with van der Waals surface area (Å²) in [4.78, 5) is 2.42. The number of rotatable bonds is 3. The molecule has 0 saturated carbocycles. The number of benzene rings is 1. The summed E-state index contributed by atoms with van der Waals surface area (Å²) < 4.78 is 0. The Balaban J connectivity index is 2.14. The highest BCUT2D eigenvalue weighted by molar-refractivity contribution is 5.98. The molecule has 4 nitrogen and oxygen atoms in total. The minimum Gasteiger partial charge on any atom is -0.409 e. The quantitative estimate of drug-likeness (QED) is 0.362. The average molecular weight is 233 g/mol. The van der Waals surface area contributed by atoms with Crippen LogP contribution in [0.2, 0.25) is 0 Å². The molecule has 17 heavy (non-hydrogen) atoms. The zero-order valence-electron chi connectivity index (χ0n) is 9.97. The Morgan fingerprint density at radius 3 is 2.65 bits per heavy atom. The van der Waals surface area contributed by atoms with Gasteiger partial charge in [0.05, 0.1) is 0 Å². The van der Waals surface area contributed by atoms with Crippen molar-refractivity contribution in [1.82, 2.24) is 4.90 Å². The lowest BCUT2D eigenvalue weighted by Gasteiger charge is -2.27. The van der Waals surface area contributed by atoms with E-state index in [0.717, 1.165) is 30.8 Å². The SMILES string of the molecule is N/C(=N/O)c1ccccc1CN1CCCCC1. The van der Waals surface area contributed by atoms with Gasteiger partial charge in [-0.3, -0.25) is 4.90 Å². The predicted octanol–water partition coefficient (Wildman–Crippen LogP) is 1.77. The molecule has 0 bridgehead atoms. The van der Waals surface area contributed by atoms with Gasteiger partial charge in [-0.1, -0.05) is 35.8 Å². The average Bonchev–Trinajstić information content (AvgIpc) is 2.40. The van der Waals surface area contributed by atoms with Crippen LogP contribution in [0.1, 0.15) is 30.4 Å². The first-order valence-corrected chi connectivity index (χ1v) is 6.09. The van der Waals surface area contributed by atoms with Crippen molar-refractivity contribution in [3.8, 4) is 0 Å². The van der Waals surface area contributed by atoms with Crippen molar-refractivity contribution in [2.45, 2.75) is 25.8 Å². The highest BCUT2D eigenvalue weighted by atomic mass is 16.4. The molecule has 3 N–H and O–H groups in total. The highest BCUT2D eigenvalue weighted by Gasteiger charge is 2.13. The predicted molar refractivity (Wildman–Crippen MR) is 68.1 cm³/mol. The number of nitrogens with zero attached hydrogens (tertiary/aromatic N) is 2. The number of hydrogen-bond donors (Lipinski definition) is 2. The van der Waals surface area contributed by atoms with Gasteiger partial charge in [-0.25, -0.2) is 0 Å². The molecule has 1 saturated heterocycles. The molecular formula is C13H19N3O. The number of hydrogen-bond acceptors (Lipinski definition) is 3. The number of nitrogens with two attached hydrogens (primary N) is 1. The van der Waals surface area contributed by atoms with Crippen LogP contribution in [0.4, 0.5) is 0 Å². The maximum Gasteiger partial charge on any atom is 0.170 e. The minimum atomic E-state index is 0.192. The summed E-state index contributed by atoms with van der Waals surface area (Å²) in [5.41, 5.74) is 7.64. The Morgan fingerprint density at radius 2 is 1.94 bits per heavy atom. The maximum atomic E-state index is 8.77. The monoisotopic (exact) mass is 233 g/mol. The molecule has 1 fully saturated rings. The molecular weight excluding hydrogens is 214 g/mol. The molecule has 1 aliphatic heterocycles. The fraction of sp³-hybridized carbons (Fsp3) is 0.462. The van der Waals surface area contributed by atoms with Gasteiger partial charge in [-0.15, -0.1) is 0 Å². The van der Waals surface area contributed by atoms with Gasteiger partial charge in [0, 0.05) is 12.1 Å². The van der Waals surface area contributed by atoms with Crippen LogP contribution in [0, 0.1) is 0 Å². The third-order valence-electron chi connectivity index (χ3n) is 3.24. The zero-order chi connectivity index (χ0) is 12.1. The summed E-state index contributed by atoms with van der Waals surface area (Å²) in [6, 6.07) is 7.84. The molecule has 0 aromatic heterocycles. The number of amidine groups is 1. The second-order valence-corrected chi connectivity index (χ2v) is 4.48. The Hall–Kier alpha value is -1.55. The van der Waals surface area contributed by atoms with E-state index in [1.807, 2.05) is 24.3 Å². The van der Waals surface area contributed by atoms with Gasteiger partial charge in [0.2, 0.25) is 0 Å². The molecule has 0 radical (unpaired) electrons. The highest BCUT2D eigenvalue weighted by Crippen LogP contribution is 2.15. The van der Waals surface area contributed by atoms with Crippen molar-refractivity contribution >= 4 is 5.84 Å². The van der Waals surface area contributed by atoms with Crippen molar-refractivity contribution in [2.75, 3.05) is 13.1 Å². The lowest BCUT2D eigenvalue weighted by atomic mass is 10.0. The van der Waals surface area contributed by atoms with Crippen molar-refractivity contribution in [2.24, 2.45) is 10.9 Å². The van der Waals surface area contributed by atoms with Crippen LogP contribution >= 0.6 is 0 Å². The van der Waals surface area contributed by atoms with Crippen molar-refractivity contribution in [3.63, 3.8) is 0 Å². The van der Waals surface area contributed by atoms with Crippen LogP contribution in [-0.2, 0) is 6.54 Å². The number of piperidine rings is 1. The molecule has 1 aliphatic rings. The van der Waals surface area contributed by atoms with Crippen molar-refractivity contribution in [3.05, 3.63) is 35.4 Å². The van der Waals surface area contributed by atoms with Crippen molar-refractivity contribution < 1.29 is 5.21 Å². The largest absolute Gasteiger partial charge is 0.409 e. The summed E-state index contributed by atoms with van der Waals surface area (Å²) in [6.45, 7) is 3.17. The summed E-state index contributed by atoms with van der Waals surface area (Å²) in [6.07, 6.45) is 3.87. The molecule has 0 aliphatic carbocycles. The molecule has 0 amide bonds. The van der Waals surface area contributed by atoms with E-state index in [9.17, 15) is 0 Å². The van der Waals surface area contributed by atoms with E-state index < -0.39 is 0 Å². The van der Waals surface area contributed by atoms with Gasteiger partial charge in [0.15, 0.2) is 5.84 Å². The normalized spacial score (nSPS) is 18.2. The van der Waals surface area contributed by atoms with Gasteiger partial charge in [-0.2, -0.15) is 0 Å². The molecule has 1 heterocycles. The second-order valence-electron chi connectivity index (χ2n) is 4.48. The molecule has 2 rings (SSSR count). The smallest absolute Gasteiger partial charge is 0.170 e. The van der Waals surface area contributed by atoms with E-state index >= 15 is 0 Å². The van der Waals surface area contributed by atoms with Crippen LogP contribution in [0.3, 0.4) is 0 Å². The maximum absolute atomic E-state index is 8.77. The van der Waals surface area contributed by atoms with Gasteiger partial charge in [0.25, 0.3) is 0 Å². The third kappa shape index (κ3) is 2.97. The molecule has 0 spiro atoms. The minimum absolute atomic E-state index is 0.192. The van der Waals surface area contributed by atoms with Gasteiger partial charge < -0.3 is 10.9 Å². The Morgan fingerprint density at radius 1 is 1.24 bits per heavy atom. The fourth-order valence-electron chi connectivity index (χ4n) is 2.32. The third-order valence-corrected chi connectivity index (χ3v) is 3.24. The Bertz CT molecular complexity index is 397. The van der Waals surface area contributed by atoms with Crippen LogP contribution in [-0.4, -0.2) is 29.0 Å². The summed E-state index contributed by atoms with van der Waals surface area (Å²) >= 11 is 0. The molecule has 4 heteroatoms. The van der Waals surface area contributed by atoms with Gasteiger partial charge in [0.1, 0.15) is 0 Å². The van der Waals surface area contributed by atoms with Crippen molar-refractivity contribution in [1.29, 1.82) is 0 Å². The topological polar surface area (TPSA) is 61.9 Å². The lowest BCUT2D eigenvalue weighted by Crippen LogP contribution is -2.30. The molecule has 0 unspecified atom stereocenters. The Kier molecular flexibility index (Phi) is 3.98. The van der Waals surface area contributed by atoms with E-state index in [-0.39, 0.29) is 5.84 Å². The second kappa shape index (κ2) is 5.68. The number of oxime groups is 1. The summed E-state index contributed by atoms with van der Waals surface area (Å²) in [5.74, 6) is 0.192. The first-order chi connectivity index (χ1) is 8.31. The van der Waals surface area contributed by atoms with E-state index in [1.165, 1.54) is 19.3 Å². The standard InChI is InChI=1S/C13H19N3O/c14-13(15-17)12-7-3-2-6-11(12)10-16-8-4-1-5-9-16/h2-3,6-7,17H,1,4-5,8-10H2,(H2,14,15). The van der Waals surface area contributed by atoms with E-state index in [0.29, 0.717) is 0 Å². The molecule has 92 valence electrons. The Labute approximate surface area is 102 Å². The molecule has 0 atom stereocenters. The zero-order valence-corrected chi connectivity index (χ0v) is 9.97. The first kappa shape index (κ1) is 11.9. The lowest BCUT2D eigenvalue weighted by molar-refractivity contribution is 0.221. The van der Waals surface area contributed by atoms with E-state index in [1.54, 1.807) is 0 Å². The van der Waals surface area contributed by atoms with Crippen LogP contribution in [0.5, 0.6) is 0 Å². The van der Waals surface area contributed by atoms with E-state index in [4.69, 9.17) is 10.9 Å². The molecule has 1 aromatic carbocycles. The summed E-state index contributed by atoms with van der Waals surface area (Å²) in [7, 11) is 0. The number of likely N-dealkylation sites (tertiary alicyclic amines) is 1. The van der Waals surface area contributed by atoms with Gasteiger partial charge >= 0.3 is 0 Å². The van der Waals surface area contributed by atoms with Gasteiger partial charge in [-0.05, 0) is 31.5 Å². The van der Waals surface area contributed by atoms with Crippen LogP contribution < -0.4 is 5.73 Å². The van der Waals surface area contributed by atoms with E-state index in [2.05, 4.69) is 10.1 Å². The van der Waals surface area contributed by atoms with Crippen LogP contribution in [0.25, 0.3) is 0 Å². The van der Waals surface area contributed by atoms with Crippen LogP contribution in [0.15, 0.2) is 29.4 Å².